The summed E-state index contributed by atoms with van der Waals surface area (Å²) in [6.45, 7) is 5.09. The molecule has 0 radical (unpaired) electrons. The largest absolute Gasteiger partial charge is 0.481 e. The van der Waals surface area contributed by atoms with Gasteiger partial charge in [-0.05, 0) is 58.1 Å². The van der Waals surface area contributed by atoms with Crippen molar-refractivity contribution >= 4 is 13.1 Å². The van der Waals surface area contributed by atoms with Gasteiger partial charge in [0.05, 0.1) is 5.92 Å². The fourth-order valence-corrected chi connectivity index (χ4v) is 3.05. The Hall–Kier alpha value is -0.625. The Kier molecular flexibility index (Phi) is 12.5. The molecule has 130 valence electrons. The van der Waals surface area contributed by atoms with Crippen molar-refractivity contribution in [3.63, 3.8) is 0 Å². The zero-order chi connectivity index (χ0) is 17.0. The predicted molar refractivity (Wildman–Crippen MR) is 89.5 cm³/mol. The highest BCUT2D eigenvalue weighted by atomic mass is 16.4. The standard InChI is InChI=1S/C12H21NO2.C2H7BO2.CH5N/c14-12(15)11-6-2-1-5-10(11)9-13-7-3-4-8-13;1-2-3(4)5;1-2/h10-11H,1-9H2,(H,14,15);4-5H,2H2,1H3;2H2,1H3. The molecule has 1 aliphatic carbocycles. The Morgan fingerprint density at radius 3 is 2.09 bits per heavy atom. The van der Waals surface area contributed by atoms with E-state index >= 15 is 0 Å². The maximum Gasteiger partial charge on any atom is 0.451 e. The first-order chi connectivity index (χ1) is 10.5. The van der Waals surface area contributed by atoms with E-state index in [0.29, 0.717) is 12.2 Å². The van der Waals surface area contributed by atoms with Gasteiger partial charge in [0.25, 0.3) is 0 Å². The second-order valence-electron chi connectivity index (χ2n) is 5.89. The summed E-state index contributed by atoms with van der Waals surface area (Å²) < 4.78 is 0. The molecule has 7 heteroatoms. The third kappa shape index (κ3) is 8.73. The molecule has 2 rings (SSSR count). The lowest BCUT2D eigenvalue weighted by Gasteiger charge is -2.31. The Balaban J connectivity index is 0.000000540. The molecule has 2 fully saturated rings. The van der Waals surface area contributed by atoms with E-state index in [-0.39, 0.29) is 5.92 Å². The van der Waals surface area contributed by atoms with Gasteiger partial charge in [-0.2, -0.15) is 0 Å². The quantitative estimate of drug-likeness (QED) is 0.577. The smallest absolute Gasteiger partial charge is 0.451 e. The number of nitrogens with zero attached hydrogens (tertiary/aromatic N) is 1. The minimum absolute atomic E-state index is 0.0700. The van der Waals surface area contributed by atoms with Crippen molar-refractivity contribution in [3.8, 4) is 0 Å². The third-order valence-corrected chi connectivity index (χ3v) is 4.28. The van der Waals surface area contributed by atoms with Gasteiger partial charge in [-0.3, -0.25) is 4.79 Å². The van der Waals surface area contributed by atoms with E-state index in [1.54, 1.807) is 6.92 Å². The highest BCUT2D eigenvalue weighted by Crippen LogP contribution is 2.31. The van der Waals surface area contributed by atoms with Gasteiger partial charge in [0.15, 0.2) is 0 Å². The van der Waals surface area contributed by atoms with Crippen molar-refractivity contribution in [2.24, 2.45) is 17.6 Å². The van der Waals surface area contributed by atoms with Crippen molar-refractivity contribution in [3.05, 3.63) is 0 Å². The van der Waals surface area contributed by atoms with Gasteiger partial charge in [0.1, 0.15) is 0 Å². The van der Waals surface area contributed by atoms with Crippen LogP contribution in [0, 0.1) is 11.8 Å². The Morgan fingerprint density at radius 1 is 1.14 bits per heavy atom. The van der Waals surface area contributed by atoms with Gasteiger partial charge >= 0.3 is 13.1 Å². The molecule has 0 aromatic carbocycles. The molecule has 1 saturated carbocycles. The summed E-state index contributed by atoms with van der Waals surface area (Å²) >= 11 is 0. The zero-order valence-electron chi connectivity index (χ0n) is 14.1. The average molecular weight is 316 g/mol. The second kappa shape index (κ2) is 12.9. The third-order valence-electron chi connectivity index (χ3n) is 4.28. The first kappa shape index (κ1) is 21.4. The first-order valence-electron chi connectivity index (χ1n) is 8.43. The van der Waals surface area contributed by atoms with Crippen LogP contribution in [0.15, 0.2) is 0 Å². The Labute approximate surface area is 134 Å². The second-order valence-corrected chi connectivity index (χ2v) is 5.89. The van der Waals surface area contributed by atoms with Gasteiger partial charge in [-0.25, -0.2) is 0 Å². The summed E-state index contributed by atoms with van der Waals surface area (Å²) in [5.74, 6) is -0.229. The van der Waals surface area contributed by atoms with Crippen LogP contribution in [0.5, 0.6) is 0 Å². The van der Waals surface area contributed by atoms with Crippen LogP contribution in [0.4, 0.5) is 0 Å². The lowest BCUT2D eigenvalue weighted by molar-refractivity contribution is -0.145. The molecule has 0 aromatic heterocycles. The monoisotopic (exact) mass is 316 g/mol. The summed E-state index contributed by atoms with van der Waals surface area (Å²) in [5, 5.41) is 25.0. The van der Waals surface area contributed by atoms with Gasteiger partial charge < -0.3 is 25.8 Å². The molecule has 6 nitrogen and oxygen atoms in total. The van der Waals surface area contributed by atoms with Gasteiger partial charge in [0.2, 0.25) is 0 Å². The van der Waals surface area contributed by atoms with Crippen LogP contribution in [0.25, 0.3) is 0 Å². The maximum atomic E-state index is 11.1. The molecule has 0 amide bonds. The van der Waals surface area contributed by atoms with Crippen molar-refractivity contribution in [2.75, 3.05) is 26.7 Å². The number of nitrogens with two attached hydrogens (primary N) is 1. The van der Waals surface area contributed by atoms with Crippen LogP contribution in [-0.4, -0.2) is 59.8 Å². The first-order valence-corrected chi connectivity index (χ1v) is 8.43. The molecule has 5 N–H and O–H groups in total. The lowest BCUT2D eigenvalue weighted by Crippen LogP contribution is -2.36. The molecule has 2 unspecified atom stereocenters. The fourth-order valence-electron chi connectivity index (χ4n) is 3.05. The highest BCUT2D eigenvalue weighted by molar-refractivity contribution is 6.40. The van der Waals surface area contributed by atoms with Gasteiger partial charge in [-0.1, -0.05) is 19.8 Å². The zero-order valence-corrected chi connectivity index (χ0v) is 14.1. The lowest BCUT2D eigenvalue weighted by atomic mass is 9.79. The van der Waals surface area contributed by atoms with Crippen molar-refractivity contribution in [1.29, 1.82) is 0 Å². The molecule has 0 bridgehead atoms. The molecule has 0 aromatic rings. The predicted octanol–water partition coefficient (Wildman–Crippen LogP) is 1.03. The topological polar surface area (TPSA) is 107 Å². The average Bonchev–Trinajstić information content (AvgIpc) is 3.03. The SMILES string of the molecule is CCB(O)O.CN.O=C(O)C1CCCCC1CN1CCCC1. The van der Waals surface area contributed by atoms with Crippen LogP contribution < -0.4 is 5.73 Å². The summed E-state index contributed by atoms with van der Waals surface area (Å²) in [7, 11) is 0.384. The van der Waals surface area contributed by atoms with E-state index < -0.39 is 13.1 Å². The molecular formula is C15H33BN2O4. The van der Waals surface area contributed by atoms with Crippen LogP contribution in [0.1, 0.15) is 45.4 Å². The Morgan fingerprint density at radius 2 is 1.64 bits per heavy atom. The molecule has 22 heavy (non-hydrogen) atoms. The van der Waals surface area contributed by atoms with E-state index in [2.05, 4.69) is 10.6 Å². The van der Waals surface area contributed by atoms with E-state index in [4.69, 9.17) is 15.2 Å². The van der Waals surface area contributed by atoms with Gasteiger partial charge in [0, 0.05) is 6.54 Å². The molecule has 1 heterocycles. The fraction of sp³-hybridized carbons (Fsp3) is 0.933. The summed E-state index contributed by atoms with van der Waals surface area (Å²) in [5.41, 5.74) is 4.50. The summed E-state index contributed by atoms with van der Waals surface area (Å²) in [6.07, 6.45) is 7.35. The molecular weight excluding hydrogens is 283 g/mol. The number of carbonyl (C=O) groups is 1. The molecule has 1 saturated heterocycles. The highest BCUT2D eigenvalue weighted by Gasteiger charge is 2.32. The number of hydrogen-bond acceptors (Lipinski definition) is 5. The van der Waals surface area contributed by atoms with Crippen molar-refractivity contribution in [2.45, 2.75) is 51.8 Å². The van der Waals surface area contributed by atoms with E-state index in [1.165, 1.54) is 39.4 Å². The summed E-state index contributed by atoms with van der Waals surface area (Å²) in [4.78, 5) is 13.6. The number of carboxylic acids is 1. The molecule has 1 aliphatic heterocycles. The number of likely N-dealkylation sites (tertiary alicyclic amines) is 1. The van der Waals surface area contributed by atoms with E-state index in [0.717, 1.165) is 25.8 Å². The minimum Gasteiger partial charge on any atom is -0.481 e. The summed E-state index contributed by atoms with van der Waals surface area (Å²) in [6, 6.07) is 0. The van der Waals surface area contributed by atoms with Crippen LogP contribution in [0.3, 0.4) is 0 Å². The number of aliphatic carboxylic acids is 1. The minimum atomic E-state index is -1.12. The van der Waals surface area contributed by atoms with E-state index in [9.17, 15) is 4.79 Å². The van der Waals surface area contributed by atoms with E-state index in [1.807, 2.05) is 0 Å². The normalized spacial score (nSPS) is 24.6. The Bertz CT molecular complexity index is 287. The van der Waals surface area contributed by atoms with Crippen LogP contribution >= 0.6 is 0 Å². The molecule has 2 atom stereocenters. The van der Waals surface area contributed by atoms with Crippen LogP contribution in [0.2, 0.25) is 6.32 Å². The van der Waals surface area contributed by atoms with Gasteiger partial charge in [-0.15, -0.1) is 0 Å². The number of rotatable bonds is 4. The van der Waals surface area contributed by atoms with Crippen molar-refractivity contribution in [1.82, 2.24) is 4.90 Å². The number of carboxylic acid groups (broad SMARTS) is 1. The van der Waals surface area contributed by atoms with Crippen molar-refractivity contribution < 1.29 is 19.9 Å². The molecule has 0 spiro atoms. The number of hydrogen-bond donors (Lipinski definition) is 4. The van der Waals surface area contributed by atoms with Crippen LogP contribution in [-0.2, 0) is 4.79 Å². The maximum absolute atomic E-state index is 11.1. The molecule has 2 aliphatic rings.